The van der Waals surface area contributed by atoms with E-state index in [2.05, 4.69) is 18.2 Å². The van der Waals surface area contributed by atoms with Gasteiger partial charge in [0, 0.05) is 5.92 Å². The van der Waals surface area contributed by atoms with Crippen LogP contribution in [-0.4, -0.2) is 22.3 Å². The standard InChI is InChI=1S/C20H26O3/c1-19(2,3)23-18(21)13-20(22)12-15-9-10-16(20)11-17(15)14-7-5-4-6-8-14/h4-8,11,15-16,22H,9-10,12-13H2,1-3H3/t15-,16-,20-/m0/s1. The molecule has 3 aliphatic carbocycles. The van der Waals surface area contributed by atoms with Gasteiger partial charge in [0.1, 0.15) is 5.60 Å². The second-order valence-corrected chi connectivity index (χ2v) is 7.94. The fraction of sp³-hybridized carbons (Fsp3) is 0.550. The Bertz CT molecular complexity index is 612. The molecule has 0 unspecified atom stereocenters. The molecule has 0 heterocycles. The van der Waals surface area contributed by atoms with Crippen LogP contribution in [-0.2, 0) is 9.53 Å². The van der Waals surface area contributed by atoms with Crippen molar-refractivity contribution < 1.29 is 14.6 Å². The van der Waals surface area contributed by atoms with Crippen molar-refractivity contribution in [2.75, 3.05) is 0 Å². The van der Waals surface area contributed by atoms with Gasteiger partial charge in [-0.2, -0.15) is 0 Å². The maximum absolute atomic E-state index is 12.2. The molecule has 0 radical (unpaired) electrons. The second kappa shape index (κ2) is 5.79. The first-order chi connectivity index (χ1) is 10.8. The van der Waals surface area contributed by atoms with Crippen LogP contribution in [0, 0.1) is 11.8 Å². The van der Waals surface area contributed by atoms with Crippen LogP contribution in [0.4, 0.5) is 0 Å². The average molecular weight is 314 g/mol. The molecule has 1 saturated carbocycles. The van der Waals surface area contributed by atoms with Crippen LogP contribution < -0.4 is 0 Å². The highest BCUT2D eigenvalue weighted by Gasteiger charge is 2.48. The molecule has 3 nitrogen and oxygen atoms in total. The van der Waals surface area contributed by atoms with Gasteiger partial charge in [-0.3, -0.25) is 4.79 Å². The minimum Gasteiger partial charge on any atom is -0.460 e. The molecule has 0 aliphatic heterocycles. The molecule has 1 N–H and O–H groups in total. The number of carbonyl (C=O) groups excluding carboxylic acids is 1. The zero-order chi connectivity index (χ0) is 16.7. The molecule has 3 atom stereocenters. The smallest absolute Gasteiger partial charge is 0.309 e. The highest BCUT2D eigenvalue weighted by molar-refractivity contribution is 5.74. The molecule has 2 bridgehead atoms. The van der Waals surface area contributed by atoms with Gasteiger partial charge in [-0.15, -0.1) is 0 Å². The molecule has 1 aromatic rings. The van der Waals surface area contributed by atoms with E-state index in [0.29, 0.717) is 12.3 Å². The van der Waals surface area contributed by atoms with Crippen molar-refractivity contribution in [2.24, 2.45) is 11.8 Å². The molecule has 0 spiro atoms. The Morgan fingerprint density at radius 1 is 1.26 bits per heavy atom. The summed E-state index contributed by atoms with van der Waals surface area (Å²) in [5.41, 5.74) is 1.10. The summed E-state index contributed by atoms with van der Waals surface area (Å²) in [6.45, 7) is 5.57. The fourth-order valence-electron chi connectivity index (χ4n) is 3.98. The van der Waals surface area contributed by atoms with E-state index in [-0.39, 0.29) is 18.3 Å². The Labute approximate surface area is 138 Å². The largest absolute Gasteiger partial charge is 0.460 e. The van der Waals surface area contributed by atoms with E-state index < -0.39 is 11.2 Å². The monoisotopic (exact) mass is 314 g/mol. The number of ether oxygens (including phenoxy) is 1. The lowest BCUT2D eigenvalue weighted by atomic mass is 9.61. The number of rotatable bonds is 3. The van der Waals surface area contributed by atoms with Crippen molar-refractivity contribution in [3.63, 3.8) is 0 Å². The Morgan fingerprint density at radius 2 is 1.96 bits per heavy atom. The zero-order valence-corrected chi connectivity index (χ0v) is 14.2. The van der Waals surface area contributed by atoms with Crippen molar-refractivity contribution in [3.05, 3.63) is 42.0 Å². The van der Waals surface area contributed by atoms with Gasteiger partial charge < -0.3 is 9.84 Å². The van der Waals surface area contributed by atoms with Crippen LogP contribution in [0.2, 0.25) is 0 Å². The van der Waals surface area contributed by atoms with Gasteiger partial charge in [-0.05, 0) is 57.1 Å². The molecule has 3 heteroatoms. The molecule has 23 heavy (non-hydrogen) atoms. The summed E-state index contributed by atoms with van der Waals surface area (Å²) in [4.78, 5) is 12.2. The van der Waals surface area contributed by atoms with E-state index in [0.717, 1.165) is 12.8 Å². The van der Waals surface area contributed by atoms with E-state index in [1.165, 1.54) is 11.1 Å². The summed E-state index contributed by atoms with van der Waals surface area (Å²) in [6, 6.07) is 10.4. The maximum Gasteiger partial charge on any atom is 0.309 e. The Morgan fingerprint density at radius 3 is 2.52 bits per heavy atom. The van der Waals surface area contributed by atoms with Gasteiger partial charge in [0.05, 0.1) is 12.0 Å². The molecule has 4 rings (SSSR count). The third-order valence-electron chi connectivity index (χ3n) is 4.91. The van der Waals surface area contributed by atoms with Crippen molar-refractivity contribution in [2.45, 2.75) is 57.7 Å². The van der Waals surface area contributed by atoms with Crippen molar-refractivity contribution in [1.29, 1.82) is 0 Å². The molecule has 3 aliphatic rings. The SMILES string of the molecule is CC(C)(C)OC(=O)C[C@@]1(O)C[C@@H]2CC[C@H]1C=C2c1ccccc1. The van der Waals surface area contributed by atoms with Crippen molar-refractivity contribution >= 4 is 11.5 Å². The van der Waals surface area contributed by atoms with E-state index >= 15 is 0 Å². The number of hydrogen-bond acceptors (Lipinski definition) is 3. The Hall–Kier alpha value is -1.61. The molecule has 1 fully saturated rings. The number of hydrogen-bond donors (Lipinski definition) is 1. The number of fused-ring (bicyclic) bond motifs is 2. The Balaban J connectivity index is 1.78. The van der Waals surface area contributed by atoms with E-state index in [1.807, 2.05) is 39.0 Å². The minimum absolute atomic E-state index is 0.0372. The highest BCUT2D eigenvalue weighted by Crippen LogP contribution is 2.51. The molecule has 0 amide bonds. The molecular formula is C20H26O3. The van der Waals surface area contributed by atoms with Crippen molar-refractivity contribution in [1.82, 2.24) is 0 Å². The van der Waals surface area contributed by atoms with Gasteiger partial charge in [0.15, 0.2) is 0 Å². The lowest BCUT2D eigenvalue weighted by Gasteiger charge is -2.47. The van der Waals surface area contributed by atoms with Gasteiger partial charge in [-0.1, -0.05) is 36.4 Å². The molecule has 1 aromatic carbocycles. The summed E-state index contributed by atoms with van der Waals surface area (Å²) in [5, 5.41) is 11.0. The lowest BCUT2D eigenvalue weighted by molar-refractivity contribution is -0.164. The molecule has 124 valence electrons. The van der Waals surface area contributed by atoms with E-state index in [4.69, 9.17) is 4.74 Å². The van der Waals surface area contributed by atoms with Gasteiger partial charge in [0.2, 0.25) is 0 Å². The first-order valence-corrected chi connectivity index (χ1v) is 8.48. The quantitative estimate of drug-likeness (QED) is 0.859. The van der Waals surface area contributed by atoms with E-state index in [1.54, 1.807) is 0 Å². The van der Waals surface area contributed by atoms with E-state index in [9.17, 15) is 9.90 Å². The molecule has 0 saturated heterocycles. The molecular weight excluding hydrogens is 288 g/mol. The number of esters is 1. The third kappa shape index (κ3) is 3.50. The first kappa shape index (κ1) is 16.3. The van der Waals surface area contributed by atoms with Crippen LogP contribution in [0.25, 0.3) is 5.57 Å². The summed E-state index contributed by atoms with van der Waals surface area (Å²) in [7, 11) is 0. The summed E-state index contributed by atoms with van der Waals surface area (Å²) in [5.74, 6) is 0.0623. The highest BCUT2D eigenvalue weighted by atomic mass is 16.6. The first-order valence-electron chi connectivity index (χ1n) is 8.48. The topological polar surface area (TPSA) is 46.5 Å². The summed E-state index contributed by atoms with van der Waals surface area (Å²) >= 11 is 0. The van der Waals surface area contributed by atoms with Crippen LogP contribution in [0.15, 0.2) is 36.4 Å². The number of carbonyl (C=O) groups is 1. The number of benzene rings is 1. The van der Waals surface area contributed by atoms with Crippen LogP contribution in [0.1, 0.15) is 52.0 Å². The van der Waals surface area contributed by atoms with Crippen molar-refractivity contribution in [3.8, 4) is 0 Å². The second-order valence-electron chi connectivity index (χ2n) is 7.94. The summed E-state index contributed by atoms with van der Waals surface area (Å²) < 4.78 is 5.41. The van der Waals surface area contributed by atoms with Crippen LogP contribution >= 0.6 is 0 Å². The number of allylic oxidation sites excluding steroid dienone is 1. The normalized spacial score (nSPS) is 30.0. The maximum atomic E-state index is 12.2. The van der Waals surface area contributed by atoms with Gasteiger partial charge in [0.25, 0.3) is 0 Å². The predicted molar refractivity (Wildman–Crippen MR) is 90.7 cm³/mol. The molecule has 0 aromatic heterocycles. The van der Waals surface area contributed by atoms with Gasteiger partial charge in [-0.25, -0.2) is 0 Å². The lowest BCUT2D eigenvalue weighted by Crippen LogP contribution is -2.48. The third-order valence-corrected chi connectivity index (χ3v) is 4.91. The zero-order valence-electron chi connectivity index (χ0n) is 14.2. The summed E-state index contributed by atoms with van der Waals surface area (Å²) in [6.07, 6.45) is 4.96. The number of aliphatic hydroxyl groups is 1. The minimum atomic E-state index is -0.955. The Kier molecular flexibility index (Phi) is 4.09. The predicted octanol–water partition coefficient (Wildman–Crippen LogP) is 3.96. The van der Waals surface area contributed by atoms with Gasteiger partial charge >= 0.3 is 5.97 Å². The van der Waals surface area contributed by atoms with Crippen LogP contribution in [0.5, 0.6) is 0 Å². The average Bonchev–Trinajstić information content (AvgIpc) is 2.46. The van der Waals surface area contributed by atoms with Crippen LogP contribution in [0.3, 0.4) is 0 Å². The fourth-order valence-corrected chi connectivity index (χ4v) is 3.98.